The maximum atomic E-state index is 13.6. The number of imide groups is 1. The number of nitrogens with zero attached hydrogens (tertiary/aromatic N) is 1. The molecule has 3 rings (SSSR count). The molecule has 1 aliphatic heterocycles. The van der Waals surface area contributed by atoms with Crippen molar-refractivity contribution in [2.24, 2.45) is 0 Å². The van der Waals surface area contributed by atoms with Gasteiger partial charge in [-0.1, -0.05) is 24.3 Å². The lowest BCUT2D eigenvalue weighted by Crippen LogP contribution is -2.31. The van der Waals surface area contributed by atoms with Gasteiger partial charge in [-0.3, -0.25) is 14.4 Å². The molecule has 0 bridgehead atoms. The number of hydrogen-bond donors (Lipinski definition) is 2. The van der Waals surface area contributed by atoms with Crippen LogP contribution in [0.25, 0.3) is 11.3 Å². The van der Waals surface area contributed by atoms with Crippen molar-refractivity contribution in [2.45, 2.75) is 20.3 Å². The normalized spacial score (nSPS) is 14.7. The van der Waals surface area contributed by atoms with Crippen molar-refractivity contribution < 1.29 is 23.9 Å². The first-order valence-corrected chi connectivity index (χ1v) is 8.71. The SMILES string of the molecule is CC(=O)NCCc1ccc(/C(O)=C2\C(=O)N(C(C)=O)c3cc(F)ccc32)cc1. The fraction of sp³-hybridized carbons (Fsp3) is 0.190. The van der Waals surface area contributed by atoms with Crippen molar-refractivity contribution in [2.75, 3.05) is 11.4 Å². The number of rotatable bonds is 4. The van der Waals surface area contributed by atoms with E-state index in [0.717, 1.165) is 16.5 Å². The average molecular weight is 382 g/mol. The highest BCUT2D eigenvalue weighted by Gasteiger charge is 2.38. The standard InChI is InChI=1S/C21H19FN2O4/c1-12(25)23-10-9-14-3-5-15(6-4-14)20(27)19-17-8-7-16(22)11-18(17)24(13(2)26)21(19)28/h3-8,11,27H,9-10H2,1-2H3,(H,23,25)/b20-19+. The summed E-state index contributed by atoms with van der Waals surface area (Å²) in [4.78, 5) is 36.4. The van der Waals surface area contributed by atoms with Gasteiger partial charge in [0.2, 0.25) is 11.8 Å². The smallest absolute Gasteiger partial charge is 0.269 e. The van der Waals surface area contributed by atoms with E-state index in [4.69, 9.17) is 0 Å². The Morgan fingerprint density at radius 1 is 1.11 bits per heavy atom. The van der Waals surface area contributed by atoms with Gasteiger partial charge in [-0.05, 0) is 30.2 Å². The molecule has 2 N–H and O–H groups in total. The van der Waals surface area contributed by atoms with Crippen LogP contribution in [0.5, 0.6) is 0 Å². The number of nitrogens with one attached hydrogen (secondary N) is 1. The summed E-state index contributed by atoms with van der Waals surface area (Å²) < 4.78 is 13.6. The van der Waals surface area contributed by atoms with E-state index >= 15 is 0 Å². The quantitative estimate of drug-likeness (QED) is 0.629. The van der Waals surface area contributed by atoms with Crippen molar-refractivity contribution in [3.05, 3.63) is 65.0 Å². The monoisotopic (exact) mass is 382 g/mol. The number of hydrogen-bond acceptors (Lipinski definition) is 4. The molecule has 1 heterocycles. The number of amides is 3. The van der Waals surface area contributed by atoms with E-state index in [1.54, 1.807) is 24.3 Å². The highest BCUT2D eigenvalue weighted by atomic mass is 19.1. The van der Waals surface area contributed by atoms with Gasteiger partial charge in [-0.2, -0.15) is 0 Å². The van der Waals surface area contributed by atoms with Crippen molar-refractivity contribution in [3.63, 3.8) is 0 Å². The summed E-state index contributed by atoms with van der Waals surface area (Å²) in [5.74, 6) is -2.23. The molecule has 0 fully saturated rings. The molecule has 1 aliphatic rings. The van der Waals surface area contributed by atoms with Gasteiger partial charge in [0.15, 0.2) is 0 Å². The number of carbonyl (C=O) groups excluding carboxylic acids is 3. The number of aliphatic hydroxyl groups excluding tert-OH is 1. The van der Waals surface area contributed by atoms with Crippen LogP contribution in [0.4, 0.5) is 10.1 Å². The predicted molar refractivity (Wildman–Crippen MR) is 103 cm³/mol. The Kier molecular flexibility index (Phi) is 5.26. The van der Waals surface area contributed by atoms with Crippen LogP contribution in [0.3, 0.4) is 0 Å². The number of halogens is 1. The molecule has 0 unspecified atom stereocenters. The summed E-state index contributed by atoms with van der Waals surface area (Å²) in [7, 11) is 0. The van der Waals surface area contributed by atoms with Crippen molar-refractivity contribution >= 4 is 34.7 Å². The second-order valence-electron chi connectivity index (χ2n) is 6.47. The van der Waals surface area contributed by atoms with Gasteiger partial charge in [0.1, 0.15) is 11.6 Å². The number of fused-ring (bicyclic) bond motifs is 1. The zero-order valence-electron chi connectivity index (χ0n) is 15.5. The van der Waals surface area contributed by atoms with Crippen LogP contribution in [0.1, 0.15) is 30.5 Å². The summed E-state index contributed by atoms with van der Waals surface area (Å²) >= 11 is 0. The molecular weight excluding hydrogens is 363 g/mol. The van der Waals surface area contributed by atoms with Gasteiger partial charge in [0, 0.05) is 31.5 Å². The van der Waals surface area contributed by atoms with E-state index in [1.165, 1.54) is 26.0 Å². The lowest BCUT2D eigenvalue weighted by Gasteiger charge is -2.12. The third-order valence-electron chi connectivity index (χ3n) is 4.45. The van der Waals surface area contributed by atoms with Crippen LogP contribution >= 0.6 is 0 Å². The second kappa shape index (κ2) is 7.64. The Labute approximate surface area is 161 Å². The Bertz CT molecular complexity index is 996. The topological polar surface area (TPSA) is 86.7 Å². The van der Waals surface area contributed by atoms with Gasteiger partial charge >= 0.3 is 0 Å². The summed E-state index contributed by atoms with van der Waals surface area (Å²) in [5, 5.41) is 13.4. The molecule has 0 spiro atoms. The molecular formula is C21H19FN2O4. The zero-order valence-corrected chi connectivity index (χ0v) is 15.5. The molecule has 2 aromatic carbocycles. The summed E-state index contributed by atoms with van der Waals surface area (Å²) in [6.07, 6.45) is 0.621. The van der Waals surface area contributed by atoms with Crippen molar-refractivity contribution in [1.29, 1.82) is 0 Å². The lowest BCUT2D eigenvalue weighted by atomic mass is 10.0. The van der Waals surface area contributed by atoms with E-state index in [-0.39, 0.29) is 22.9 Å². The van der Waals surface area contributed by atoms with Gasteiger partial charge in [-0.15, -0.1) is 0 Å². The van der Waals surface area contributed by atoms with E-state index in [2.05, 4.69) is 5.32 Å². The fourth-order valence-electron chi connectivity index (χ4n) is 3.14. The predicted octanol–water partition coefficient (Wildman–Crippen LogP) is 2.82. The molecule has 144 valence electrons. The van der Waals surface area contributed by atoms with Crippen LogP contribution in [-0.4, -0.2) is 29.4 Å². The van der Waals surface area contributed by atoms with Gasteiger partial charge in [0.25, 0.3) is 5.91 Å². The minimum Gasteiger partial charge on any atom is -0.506 e. The average Bonchev–Trinajstić information content (AvgIpc) is 2.92. The first-order valence-electron chi connectivity index (χ1n) is 8.71. The largest absolute Gasteiger partial charge is 0.506 e. The molecule has 3 amide bonds. The van der Waals surface area contributed by atoms with Crippen molar-refractivity contribution in [1.82, 2.24) is 5.32 Å². The first-order chi connectivity index (χ1) is 13.3. The third-order valence-corrected chi connectivity index (χ3v) is 4.45. The van der Waals surface area contributed by atoms with Gasteiger partial charge < -0.3 is 10.4 Å². The Hall–Kier alpha value is -3.48. The summed E-state index contributed by atoms with van der Waals surface area (Å²) in [5.41, 5.74) is 1.71. The molecule has 28 heavy (non-hydrogen) atoms. The highest BCUT2D eigenvalue weighted by molar-refractivity contribution is 6.42. The molecule has 2 aromatic rings. The molecule has 0 saturated heterocycles. The lowest BCUT2D eigenvalue weighted by molar-refractivity contribution is -0.122. The number of anilines is 1. The molecule has 0 aromatic heterocycles. The van der Waals surface area contributed by atoms with Crippen LogP contribution in [-0.2, 0) is 20.8 Å². The number of carbonyl (C=O) groups is 3. The molecule has 0 atom stereocenters. The number of benzene rings is 2. The first kappa shape index (κ1) is 19.3. The summed E-state index contributed by atoms with van der Waals surface area (Å²) in [6, 6.07) is 10.5. The van der Waals surface area contributed by atoms with Gasteiger partial charge in [0.05, 0.1) is 11.3 Å². The molecule has 0 aliphatic carbocycles. The van der Waals surface area contributed by atoms with E-state index in [1.807, 2.05) is 0 Å². The zero-order chi connectivity index (χ0) is 20.4. The van der Waals surface area contributed by atoms with Gasteiger partial charge in [-0.25, -0.2) is 9.29 Å². The Morgan fingerprint density at radius 2 is 1.79 bits per heavy atom. The van der Waals surface area contributed by atoms with Crippen LogP contribution < -0.4 is 10.2 Å². The van der Waals surface area contributed by atoms with Crippen LogP contribution in [0.15, 0.2) is 42.5 Å². The fourth-order valence-corrected chi connectivity index (χ4v) is 3.14. The highest BCUT2D eigenvalue weighted by Crippen LogP contribution is 2.40. The van der Waals surface area contributed by atoms with E-state index < -0.39 is 17.6 Å². The summed E-state index contributed by atoms with van der Waals surface area (Å²) in [6.45, 7) is 3.14. The van der Waals surface area contributed by atoms with E-state index in [0.29, 0.717) is 24.1 Å². The number of aliphatic hydroxyl groups is 1. The second-order valence-corrected chi connectivity index (χ2v) is 6.47. The van der Waals surface area contributed by atoms with E-state index in [9.17, 15) is 23.9 Å². The molecule has 7 heteroatoms. The third kappa shape index (κ3) is 3.64. The minimum absolute atomic E-state index is 0.0452. The van der Waals surface area contributed by atoms with Crippen LogP contribution in [0, 0.1) is 5.82 Å². The molecule has 0 radical (unpaired) electrons. The Morgan fingerprint density at radius 3 is 2.39 bits per heavy atom. The maximum Gasteiger partial charge on any atom is 0.269 e. The Balaban J connectivity index is 1.96. The van der Waals surface area contributed by atoms with Crippen molar-refractivity contribution in [3.8, 4) is 0 Å². The molecule has 6 nitrogen and oxygen atoms in total. The minimum atomic E-state index is -0.694. The van der Waals surface area contributed by atoms with Crippen LogP contribution in [0.2, 0.25) is 0 Å². The maximum absolute atomic E-state index is 13.6. The molecule has 0 saturated carbocycles.